The van der Waals surface area contributed by atoms with E-state index in [0.717, 1.165) is 25.7 Å². The van der Waals surface area contributed by atoms with Crippen LogP contribution in [-0.2, 0) is 19.1 Å². The van der Waals surface area contributed by atoms with Crippen molar-refractivity contribution >= 4 is 12.4 Å². The molecular formula is C13H17ClF3N3. The molecule has 3 rings (SSSR count). The van der Waals surface area contributed by atoms with E-state index in [4.69, 9.17) is 0 Å². The molecule has 1 aliphatic carbocycles. The highest BCUT2D eigenvalue weighted by atomic mass is 35.5. The van der Waals surface area contributed by atoms with Gasteiger partial charge in [0.05, 0.1) is 5.69 Å². The first-order valence-electron chi connectivity index (χ1n) is 6.73. The summed E-state index contributed by atoms with van der Waals surface area (Å²) in [6.07, 6.45) is -0.0880. The standard InChI is InChI=1S/C13H16F3N3.ClH/c14-13(15,16)11-9-5-6-17-7-10(9)18-12(19-11)8-3-1-2-4-8;/h8,17H,1-7H2;1H. The van der Waals surface area contributed by atoms with Gasteiger partial charge in [-0.05, 0) is 25.8 Å². The Morgan fingerprint density at radius 2 is 1.80 bits per heavy atom. The van der Waals surface area contributed by atoms with Gasteiger partial charge in [-0.3, -0.25) is 0 Å². The normalized spacial score (nSPS) is 19.6. The van der Waals surface area contributed by atoms with Gasteiger partial charge in [-0.25, -0.2) is 9.97 Å². The van der Waals surface area contributed by atoms with Crippen molar-refractivity contribution in [3.05, 3.63) is 22.8 Å². The summed E-state index contributed by atoms with van der Waals surface area (Å²) in [7, 11) is 0. The maximum atomic E-state index is 13.1. The lowest BCUT2D eigenvalue weighted by molar-refractivity contribution is -0.142. The second-order valence-corrected chi connectivity index (χ2v) is 5.26. The van der Waals surface area contributed by atoms with Gasteiger partial charge in [0.2, 0.25) is 0 Å². The number of halogens is 4. The molecule has 1 N–H and O–H groups in total. The van der Waals surface area contributed by atoms with Crippen molar-refractivity contribution in [2.24, 2.45) is 0 Å². The highest BCUT2D eigenvalue weighted by Gasteiger charge is 2.38. The van der Waals surface area contributed by atoms with E-state index in [9.17, 15) is 13.2 Å². The number of hydrogen-bond acceptors (Lipinski definition) is 3. The molecule has 2 heterocycles. The zero-order valence-corrected chi connectivity index (χ0v) is 11.8. The summed E-state index contributed by atoms with van der Waals surface area (Å²) in [5.74, 6) is 0.501. The van der Waals surface area contributed by atoms with Crippen molar-refractivity contribution in [2.75, 3.05) is 6.54 Å². The monoisotopic (exact) mass is 307 g/mol. The van der Waals surface area contributed by atoms with Gasteiger partial charge in [0, 0.05) is 18.0 Å². The largest absolute Gasteiger partial charge is 0.433 e. The number of fused-ring (bicyclic) bond motifs is 1. The van der Waals surface area contributed by atoms with E-state index < -0.39 is 11.9 Å². The van der Waals surface area contributed by atoms with Crippen LogP contribution in [0.2, 0.25) is 0 Å². The summed E-state index contributed by atoms with van der Waals surface area (Å²) < 4.78 is 39.4. The van der Waals surface area contributed by atoms with E-state index in [0.29, 0.717) is 31.0 Å². The molecule has 2 aliphatic rings. The third kappa shape index (κ3) is 2.91. The van der Waals surface area contributed by atoms with Crippen molar-refractivity contribution in [1.82, 2.24) is 15.3 Å². The van der Waals surface area contributed by atoms with Crippen LogP contribution < -0.4 is 5.32 Å². The number of rotatable bonds is 1. The van der Waals surface area contributed by atoms with Gasteiger partial charge >= 0.3 is 6.18 Å². The van der Waals surface area contributed by atoms with Crippen molar-refractivity contribution in [2.45, 2.75) is 50.7 Å². The summed E-state index contributed by atoms with van der Waals surface area (Å²) in [5, 5.41) is 3.08. The number of nitrogens with one attached hydrogen (secondary N) is 1. The average molecular weight is 308 g/mol. The van der Waals surface area contributed by atoms with E-state index in [1.165, 1.54) is 0 Å². The first-order chi connectivity index (χ1) is 9.05. The lowest BCUT2D eigenvalue weighted by Gasteiger charge is -2.22. The number of aromatic nitrogens is 2. The Balaban J connectivity index is 0.00000147. The predicted octanol–water partition coefficient (Wildman–Crippen LogP) is 3.22. The molecule has 1 saturated carbocycles. The van der Waals surface area contributed by atoms with Crippen LogP contribution >= 0.6 is 12.4 Å². The highest BCUT2D eigenvalue weighted by molar-refractivity contribution is 5.85. The Bertz CT molecular complexity index is 484. The van der Waals surface area contributed by atoms with Crippen LogP contribution in [0.5, 0.6) is 0 Å². The molecule has 0 saturated heterocycles. The minimum atomic E-state index is -4.38. The smallest absolute Gasteiger partial charge is 0.311 e. The Morgan fingerprint density at radius 3 is 2.45 bits per heavy atom. The molecule has 112 valence electrons. The van der Waals surface area contributed by atoms with E-state index in [-0.39, 0.29) is 23.9 Å². The minimum Gasteiger partial charge on any atom is -0.311 e. The quantitative estimate of drug-likeness (QED) is 0.865. The van der Waals surface area contributed by atoms with Gasteiger partial charge in [-0.2, -0.15) is 13.2 Å². The number of alkyl halides is 3. The van der Waals surface area contributed by atoms with Crippen LogP contribution in [0.1, 0.15) is 54.4 Å². The maximum Gasteiger partial charge on any atom is 0.433 e. The van der Waals surface area contributed by atoms with Crippen LogP contribution in [0.3, 0.4) is 0 Å². The van der Waals surface area contributed by atoms with E-state index in [1.807, 2.05) is 0 Å². The van der Waals surface area contributed by atoms with Crippen LogP contribution in [0, 0.1) is 0 Å². The lowest BCUT2D eigenvalue weighted by atomic mass is 10.0. The highest BCUT2D eigenvalue weighted by Crippen LogP contribution is 2.37. The fourth-order valence-corrected chi connectivity index (χ4v) is 2.98. The summed E-state index contributed by atoms with van der Waals surface area (Å²) in [6, 6.07) is 0. The fraction of sp³-hybridized carbons (Fsp3) is 0.692. The number of hydrogen-bond donors (Lipinski definition) is 1. The average Bonchev–Trinajstić information content (AvgIpc) is 2.90. The van der Waals surface area contributed by atoms with Crippen molar-refractivity contribution in [3.63, 3.8) is 0 Å². The predicted molar refractivity (Wildman–Crippen MR) is 70.9 cm³/mol. The number of nitrogens with zero attached hydrogens (tertiary/aromatic N) is 2. The Morgan fingerprint density at radius 1 is 1.10 bits per heavy atom. The maximum absolute atomic E-state index is 13.1. The molecule has 0 bridgehead atoms. The SMILES string of the molecule is Cl.FC(F)(F)c1nc(C2CCCC2)nc2c1CCNC2. The Hall–Kier alpha value is -0.880. The van der Waals surface area contributed by atoms with E-state index >= 15 is 0 Å². The topological polar surface area (TPSA) is 37.8 Å². The van der Waals surface area contributed by atoms with E-state index in [2.05, 4.69) is 15.3 Å². The van der Waals surface area contributed by atoms with Crippen LogP contribution in [0.15, 0.2) is 0 Å². The molecule has 20 heavy (non-hydrogen) atoms. The second-order valence-electron chi connectivity index (χ2n) is 5.26. The molecule has 0 radical (unpaired) electrons. The van der Waals surface area contributed by atoms with Crippen LogP contribution in [0.4, 0.5) is 13.2 Å². The minimum absolute atomic E-state index is 0. The molecule has 1 fully saturated rings. The van der Waals surface area contributed by atoms with E-state index in [1.54, 1.807) is 0 Å². The lowest BCUT2D eigenvalue weighted by Crippen LogP contribution is -2.29. The molecule has 0 unspecified atom stereocenters. The van der Waals surface area contributed by atoms with Gasteiger partial charge in [0.1, 0.15) is 5.82 Å². The third-order valence-corrected chi connectivity index (χ3v) is 3.94. The molecule has 1 aromatic rings. The summed E-state index contributed by atoms with van der Waals surface area (Å²) in [5.41, 5.74) is 0.115. The zero-order chi connectivity index (χ0) is 13.5. The summed E-state index contributed by atoms with van der Waals surface area (Å²) in [4.78, 5) is 8.27. The molecular weight excluding hydrogens is 291 g/mol. The fourth-order valence-electron chi connectivity index (χ4n) is 2.98. The molecule has 3 nitrogen and oxygen atoms in total. The summed E-state index contributed by atoms with van der Waals surface area (Å²) >= 11 is 0. The van der Waals surface area contributed by atoms with Gasteiger partial charge in [-0.15, -0.1) is 12.4 Å². The van der Waals surface area contributed by atoms with Gasteiger partial charge in [0.25, 0.3) is 0 Å². The van der Waals surface area contributed by atoms with Crippen molar-refractivity contribution in [1.29, 1.82) is 0 Å². The Kier molecular flexibility index (Phi) is 4.54. The Labute approximate surface area is 121 Å². The van der Waals surface area contributed by atoms with Crippen LogP contribution in [0.25, 0.3) is 0 Å². The van der Waals surface area contributed by atoms with Gasteiger partial charge in [-0.1, -0.05) is 12.8 Å². The third-order valence-electron chi connectivity index (χ3n) is 3.94. The molecule has 0 aromatic carbocycles. The molecule has 0 spiro atoms. The first-order valence-corrected chi connectivity index (χ1v) is 6.73. The zero-order valence-electron chi connectivity index (χ0n) is 11.0. The molecule has 1 aromatic heterocycles. The van der Waals surface area contributed by atoms with Gasteiger partial charge in [0.15, 0.2) is 5.69 Å². The van der Waals surface area contributed by atoms with Crippen molar-refractivity contribution in [3.8, 4) is 0 Å². The molecule has 1 aliphatic heterocycles. The van der Waals surface area contributed by atoms with Crippen LogP contribution in [-0.4, -0.2) is 16.5 Å². The first kappa shape index (κ1) is 15.5. The molecule has 0 amide bonds. The van der Waals surface area contributed by atoms with Crippen molar-refractivity contribution < 1.29 is 13.2 Å². The van der Waals surface area contributed by atoms with Gasteiger partial charge < -0.3 is 5.32 Å². The summed E-state index contributed by atoms with van der Waals surface area (Å²) in [6.45, 7) is 0.975. The second kappa shape index (κ2) is 5.85. The molecule has 0 atom stereocenters. The molecule has 7 heteroatoms.